The maximum atomic E-state index is 13.9. The molecule has 0 aliphatic rings. The number of hydrogen-bond donors (Lipinski definition) is 0. The zero-order valence-corrected chi connectivity index (χ0v) is 40.3. The molecule has 0 N–H and O–H groups in total. The molecule has 2 unspecified atom stereocenters. The minimum absolute atomic E-state index is 0.0840. The topological polar surface area (TPSA) is 9.23 Å². The van der Waals surface area contributed by atoms with E-state index in [4.69, 9.17) is 4.74 Å². The summed E-state index contributed by atoms with van der Waals surface area (Å²) in [5.74, 6) is 0.592. The largest absolute Gasteiger partial charge is 0.483 e. The Morgan fingerprint density at radius 1 is 0.348 bits per heavy atom. The molecule has 1 nitrogen and oxygen atoms in total. The van der Waals surface area contributed by atoms with Crippen LogP contribution in [0, 0.1) is 5.82 Å². The quantitative estimate of drug-likeness (QED) is 0.0931. The van der Waals surface area contributed by atoms with Gasteiger partial charge in [-0.3, -0.25) is 0 Å². The zero-order chi connectivity index (χ0) is 45.5. The molecule has 9 aromatic carbocycles. The van der Waals surface area contributed by atoms with Gasteiger partial charge in [0.2, 0.25) is 0 Å². The Morgan fingerprint density at radius 2 is 0.682 bits per heavy atom. The van der Waals surface area contributed by atoms with E-state index >= 15 is 0 Å². The molecule has 0 aliphatic heterocycles. The van der Waals surface area contributed by atoms with Crippen LogP contribution in [0.1, 0.15) is 44.4 Å². The molecule has 0 radical (unpaired) electrons. The van der Waals surface area contributed by atoms with E-state index in [1.807, 2.05) is 18.2 Å². The molecule has 0 aromatic heterocycles. The monoisotopic (exact) mass is 917 g/mol. The van der Waals surface area contributed by atoms with Crippen molar-refractivity contribution >= 4 is 32.7 Å². The third kappa shape index (κ3) is 10.4. The minimum atomic E-state index is -0.588. The Morgan fingerprint density at radius 3 is 1.11 bits per heavy atom. The average Bonchev–Trinajstić information content (AvgIpc) is 3.35. The first-order valence-electron chi connectivity index (χ1n) is 22.4. The molecule has 9 rings (SSSR count). The molecule has 0 bridgehead atoms. The molecule has 0 spiro atoms. The van der Waals surface area contributed by atoms with Crippen LogP contribution in [0.25, 0.3) is 0 Å². The van der Waals surface area contributed by atoms with Gasteiger partial charge in [-0.05, 0) is 176 Å². The van der Waals surface area contributed by atoms with E-state index in [-0.39, 0.29) is 43.9 Å². The van der Waals surface area contributed by atoms with Crippen molar-refractivity contribution in [2.45, 2.75) is 89.2 Å². The summed E-state index contributed by atoms with van der Waals surface area (Å²) in [6, 6.07) is 85.9. The Labute approximate surface area is 399 Å². The van der Waals surface area contributed by atoms with Crippen molar-refractivity contribution in [3.63, 3.8) is 0 Å². The molecule has 0 aliphatic carbocycles. The standard InChI is InChI=1S/C61H54FOS3/c1-60(2,47-28-36-55(37-29-47)64(51-19-9-5-10-20-51)52-21-11-6-12-22-52)45-46-18-17-27-59(44-46)66(54-25-15-8-16-26-54)58-42-34-50(35-43-58)63-61(3,4)48-30-38-56(39-31-48)65(53-23-13-7-14-24-53)57-40-32-49(62)33-41-57/h5-44H,45H2,1-4H3/q+3. The van der Waals surface area contributed by atoms with Gasteiger partial charge in [-0.1, -0.05) is 123 Å². The van der Waals surface area contributed by atoms with Crippen molar-refractivity contribution < 1.29 is 9.13 Å². The number of ether oxygens (including phenoxy) is 1. The molecule has 326 valence electrons. The van der Waals surface area contributed by atoms with Gasteiger partial charge in [-0.2, -0.15) is 0 Å². The predicted molar refractivity (Wildman–Crippen MR) is 275 cm³/mol. The van der Waals surface area contributed by atoms with Crippen molar-refractivity contribution in [1.82, 2.24) is 0 Å². The van der Waals surface area contributed by atoms with Gasteiger partial charge in [0.05, 0.1) is 32.7 Å². The van der Waals surface area contributed by atoms with Crippen molar-refractivity contribution in [2.75, 3.05) is 0 Å². The van der Waals surface area contributed by atoms with E-state index in [1.165, 1.54) is 50.3 Å². The molecule has 0 saturated carbocycles. The van der Waals surface area contributed by atoms with Crippen LogP contribution in [0.5, 0.6) is 5.75 Å². The average molecular weight is 918 g/mol. The zero-order valence-electron chi connectivity index (χ0n) is 37.8. The van der Waals surface area contributed by atoms with Gasteiger partial charge in [0.25, 0.3) is 0 Å². The smallest absolute Gasteiger partial charge is 0.166 e. The van der Waals surface area contributed by atoms with Crippen LogP contribution in [0.4, 0.5) is 4.39 Å². The van der Waals surface area contributed by atoms with Crippen LogP contribution in [0.15, 0.2) is 287 Å². The maximum Gasteiger partial charge on any atom is 0.166 e. The summed E-state index contributed by atoms with van der Waals surface area (Å²) in [6.45, 7) is 8.97. The van der Waals surface area contributed by atoms with Crippen LogP contribution < -0.4 is 4.74 Å². The van der Waals surface area contributed by atoms with Gasteiger partial charge in [0.15, 0.2) is 44.1 Å². The third-order valence-electron chi connectivity index (χ3n) is 11.8. The normalized spacial score (nSPS) is 12.7. The third-order valence-corrected chi connectivity index (χ3v) is 18.5. The fourth-order valence-corrected chi connectivity index (χ4v) is 14.7. The molecule has 0 heterocycles. The Bertz CT molecular complexity index is 2900. The number of rotatable bonds is 15. The van der Waals surface area contributed by atoms with E-state index in [9.17, 15) is 4.39 Å². The Balaban J connectivity index is 0.931. The van der Waals surface area contributed by atoms with Crippen molar-refractivity contribution in [3.8, 4) is 5.75 Å². The molecule has 2 atom stereocenters. The summed E-state index contributed by atoms with van der Waals surface area (Å²) < 4.78 is 20.7. The van der Waals surface area contributed by atoms with Crippen molar-refractivity contribution in [3.05, 3.63) is 265 Å². The second-order valence-electron chi connectivity index (χ2n) is 17.5. The van der Waals surface area contributed by atoms with E-state index in [1.54, 1.807) is 12.1 Å². The Kier molecular flexibility index (Phi) is 13.7. The summed E-state index contributed by atoms with van der Waals surface area (Å²) >= 11 is 0. The van der Waals surface area contributed by atoms with Gasteiger partial charge >= 0.3 is 0 Å². The molecule has 0 amide bonds. The highest BCUT2D eigenvalue weighted by atomic mass is 32.2. The fourth-order valence-electron chi connectivity index (χ4n) is 8.45. The van der Waals surface area contributed by atoms with Gasteiger partial charge in [0, 0.05) is 0 Å². The van der Waals surface area contributed by atoms with E-state index < -0.39 is 5.60 Å². The number of hydrogen-bond acceptors (Lipinski definition) is 1. The summed E-state index contributed by atoms with van der Waals surface area (Å²) in [6.07, 6.45) is 0.914. The molecule has 5 heteroatoms. The van der Waals surface area contributed by atoms with Gasteiger partial charge < -0.3 is 4.74 Å². The lowest BCUT2D eigenvalue weighted by Crippen LogP contribution is -2.25. The molecule has 0 fully saturated rings. The lowest BCUT2D eigenvalue weighted by Gasteiger charge is -2.27. The predicted octanol–water partition coefficient (Wildman–Crippen LogP) is 15.9. The highest BCUT2D eigenvalue weighted by molar-refractivity contribution is 7.97. The maximum absolute atomic E-state index is 13.9. The summed E-state index contributed by atoms with van der Waals surface area (Å²) in [4.78, 5) is 11.2. The summed E-state index contributed by atoms with van der Waals surface area (Å²) in [5.41, 5.74) is 3.06. The second kappa shape index (κ2) is 20.1. The first-order valence-corrected chi connectivity index (χ1v) is 26.1. The fraction of sp³-hybridized carbons (Fsp3) is 0.115. The van der Waals surface area contributed by atoms with E-state index in [0.29, 0.717) is 0 Å². The van der Waals surface area contributed by atoms with Gasteiger partial charge in [-0.15, -0.1) is 0 Å². The van der Waals surface area contributed by atoms with Crippen LogP contribution in [-0.4, -0.2) is 0 Å². The lowest BCUT2D eigenvalue weighted by molar-refractivity contribution is 0.108. The van der Waals surface area contributed by atoms with E-state index in [0.717, 1.165) is 22.6 Å². The molecular formula is C61H54FOS3+3. The molecule has 9 aromatic rings. The number of benzene rings is 9. The Hall–Kier alpha value is -6.24. The van der Waals surface area contributed by atoms with Gasteiger partial charge in [-0.25, -0.2) is 4.39 Å². The van der Waals surface area contributed by atoms with Crippen LogP contribution in [-0.2, 0) is 50.1 Å². The summed E-state index contributed by atoms with van der Waals surface area (Å²) in [5, 5.41) is 0. The van der Waals surface area contributed by atoms with Gasteiger partial charge in [0.1, 0.15) is 17.2 Å². The minimum Gasteiger partial charge on any atom is -0.483 e. The summed E-state index contributed by atoms with van der Waals surface area (Å²) in [7, 11) is -0.874. The lowest BCUT2D eigenvalue weighted by atomic mass is 9.79. The van der Waals surface area contributed by atoms with Crippen LogP contribution in [0.3, 0.4) is 0 Å². The van der Waals surface area contributed by atoms with Crippen LogP contribution >= 0.6 is 0 Å². The van der Waals surface area contributed by atoms with E-state index in [2.05, 4.69) is 240 Å². The molecular weight excluding hydrogens is 864 g/mol. The highest BCUT2D eigenvalue weighted by Gasteiger charge is 2.34. The molecule has 66 heavy (non-hydrogen) atoms. The van der Waals surface area contributed by atoms with Crippen LogP contribution in [0.2, 0.25) is 0 Å². The van der Waals surface area contributed by atoms with Crippen molar-refractivity contribution in [1.29, 1.82) is 0 Å². The second-order valence-corrected chi connectivity index (χ2v) is 23.5. The first-order chi connectivity index (χ1) is 32.1. The molecule has 0 saturated heterocycles. The highest BCUT2D eigenvalue weighted by Crippen LogP contribution is 2.38. The first kappa shape index (κ1) is 44.9. The SMILES string of the molecule is CC(C)(Cc1cccc([S+](c2ccccc2)c2ccc(OC(C)(C)c3ccc([S+](c4ccccc4)c4ccc(F)cc4)cc3)cc2)c1)c1ccc([S+](c2ccccc2)c2ccccc2)cc1. The van der Waals surface area contributed by atoms with Crippen molar-refractivity contribution in [2.24, 2.45) is 0 Å². The number of halogens is 1.